The molecule has 2 heteroatoms. The topological polar surface area (TPSA) is 0 Å². The molecule has 0 spiro atoms. The first-order valence-corrected chi connectivity index (χ1v) is 8.62. The summed E-state index contributed by atoms with van der Waals surface area (Å²) in [5.74, 6) is 1.78. The van der Waals surface area contributed by atoms with Gasteiger partial charge in [-0.15, -0.1) is 0 Å². The molecule has 0 saturated carbocycles. The zero-order valence-electron chi connectivity index (χ0n) is 13.1. The average molecular weight is 343 g/mol. The molecule has 0 fully saturated rings. The zero-order valence-corrected chi connectivity index (χ0v) is 14.7. The van der Waals surface area contributed by atoms with Gasteiger partial charge in [-0.05, 0) is 65.4 Å². The van der Waals surface area contributed by atoms with Crippen LogP contribution in [0.15, 0.2) is 34.6 Å². The summed E-state index contributed by atoms with van der Waals surface area (Å²) in [7, 11) is 0. The first-order chi connectivity index (χ1) is 9.43. The molecule has 0 amide bonds. The van der Waals surface area contributed by atoms with Gasteiger partial charge < -0.3 is 0 Å². The molecule has 3 atom stereocenters. The van der Waals surface area contributed by atoms with Gasteiger partial charge in [0.1, 0.15) is 5.83 Å². The van der Waals surface area contributed by atoms with Crippen LogP contribution in [0.1, 0.15) is 59.3 Å². The van der Waals surface area contributed by atoms with E-state index in [0.29, 0.717) is 22.7 Å². The van der Waals surface area contributed by atoms with Crippen LogP contribution in [-0.4, -0.2) is 0 Å². The van der Waals surface area contributed by atoms with Crippen LogP contribution in [0.4, 0.5) is 4.39 Å². The molecule has 1 rings (SSSR count). The first kappa shape index (κ1) is 17.7. The normalized spacial score (nSPS) is 30.4. The Bertz CT molecular complexity index is 381. The summed E-state index contributed by atoms with van der Waals surface area (Å²) < 4.78 is 14.2. The molecule has 0 bridgehead atoms. The largest absolute Gasteiger partial charge is 0.211 e. The molecule has 0 aromatic rings. The van der Waals surface area contributed by atoms with Crippen molar-refractivity contribution in [3.8, 4) is 0 Å². The summed E-state index contributed by atoms with van der Waals surface area (Å²) in [6.07, 6.45) is 10.1. The highest BCUT2D eigenvalue weighted by molar-refractivity contribution is 9.11. The molecular weight excluding hydrogens is 315 g/mol. The molecule has 0 saturated heterocycles. The minimum atomic E-state index is -0.0206. The van der Waals surface area contributed by atoms with E-state index in [1.54, 1.807) is 0 Å². The minimum absolute atomic E-state index is 0.0206. The monoisotopic (exact) mass is 342 g/mol. The third-order valence-electron chi connectivity index (χ3n) is 4.46. The Hall–Kier alpha value is -0.370. The van der Waals surface area contributed by atoms with Crippen LogP contribution in [0.5, 0.6) is 0 Å². The maximum absolute atomic E-state index is 13.6. The van der Waals surface area contributed by atoms with Crippen molar-refractivity contribution in [2.75, 3.05) is 0 Å². The van der Waals surface area contributed by atoms with Crippen molar-refractivity contribution in [2.24, 2.45) is 17.8 Å². The van der Waals surface area contributed by atoms with Gasteiger partial charge in [0.25, 0.3) is 0 Å². The summed E-state index contributed by atoms with van der Waals surface area (Å²) in [4.78, 5) is 0. The van der Waals surface area contributed by atoms with E-state index in [1.165, 1.54) is 12.0 Å². The second kappa shape index (κ2) is 8.81. The fourth-order valence-corrected chi connectivity index (χ4v) is 3.02. The molecule has 0 radical (unpaired) electrons. The van der Waals surface area contributed by atoms with Gasteiger partial charge in [0.15, 0.2) is 0 Å². The highest BCUT2D eigenvalue weighted by Crippen LogP contribution is 2.32. The fraction of sp³-hybridized carbons (Fsp3) is 0.667. The van der Waals surface area contributed by atoms with Crippen LogP contribution in [0, 0.1) is 17.8 Å². The lowest BCUT2D eigenvalue weighted by Crippen LogP contribution is -2.11. The van der Waals surface area contributed by atoms with Crippen LogP contribution >= 0.6 is 15.9 Å². The van der Waals surface area contributed by atoms with Crippen LogP contribution < -0.4 is 0 Å². The minimum Gasteiger partial charge on any atom is -0.211 e. The standard InChI is InChI=1S/C18H28BrF/c1-5-13(2)12-14(3)6-8-16-9-10-17(19)18(20)11-7-15(16)4/h9-10,13,15-16H,3,5-8,11-12H2,1-2,4H3/b10-9-,18-17-. The first-order valence-electron chi connectivity index (χ1n) is 7.83. The Kier molecular flexibility index (Phi) is 7.79. The van der Waals surface area contributed by atoms with E-state index < -0.39 is 0 Å². The predicted octanol–water partition coefficient (Wildman–Crippen LogP) is 6.94. The van der Waals surface area contributed by atoms with Crippen molar-refractivity contribution in [3.05, 3.63) is 34.6 Å². The number of hydrogen-bond donors (Lipinski definition) is 0. The Morgan fingerprint density at radius 2 is 2.25 bits per heavy atom. The second-order valence-electron chi connectivity index (χ2n) is 6.30. The quantitative estimate of drug-likeness (QED) is 0.458. The summed E-state index contributed by atoms with van der Waals surface area (Å²) in [5, 5.41) is 0. The van der Waals surface area contributed by atoms with E-state index in [0.717, 1.165) is 31.6 Å². The van der Waals surface area contributed by atoms with Gasteiger partial charge in [0.2, 0.25) is 0 Å². The Morgan fingerprint density at radius 3 is 2.90 bits per heavy atom. The molecule has 0 heterocycles. The van der Waals surface area contributed by atoms with Crippen molar-refractivity contribution in [2.45, 2.75) is 59.3 Å². The number of allylic oxidation sites excluding steroid dienone is 5. The molecule has 114 valence electrons. The van der Waals surface area contributed by atoms with Crippen LogP contribution in [-0.2, 0) is 0 Å². The van der Waals surface area contributed by atoms with Crippen LogP contribution in [0.2, 0.25) is 0 Å². The molecule has 1 aliphatic rings. The van der Waals surface area contributed by atoms with E-state index in [4.69, 9.17) is 0 Å². The Morgan fingerprint density at radius 1 is 1.55 bits per heavy atom. The lowest BCUT2D eigenvalue weighted by atomic mass is 9.83. The second-order valence-corrected chi connectivity index (χ2v) is 7.15. The highest BCUT2D eigenvalue weighted by atomic mass is 79.9. The molecule has 0 aromatic carbocycles. The third kappa shape index (κ3) is 5.95. The molecule has 0 nitrogen and oxygen atoms in total. The summed E-state index contributed by atoms with van der Waals surface area (Å²) in [6.45, 7) is 11.0. The van der Waals surface area contributed by atoms with Crippen LogP contribution in [0.3, 0.4) is 0 Å². The summed E-state index contributed by atoms with van der Waals surface area (Å²) in [6, 6.07) is 0. The van der Waals surface area contributed by atoms with Gasteiger partial charge in [-0.25, -0.2) is 4.39 Å². The zero-order chi connectivity index (χ0) is 15.1. The van der Waals surface area contributed by atoms with E-state index in [-0.39, 0.29) is 5.83 Å². The van der Waals surface area contributed by atoms with Gasteiger partial charge in [-0.2, -0.15) is 0 Å². The van der Waals surface area contributed by atoms with Crippen molar-refractivity contribution in [1.29, 1.82) is 0 Å². The van der Waals surface area contributed by atoms with E-state index in [9.17, 15) is 4.39 Å². The SMILES string of the molecule is C=C(CCC1/C=C\C(Br)=C(\F)CCC1C)CC(C)CC. The van der Waals surface area contributed by atoms with E-state index >= 15 is 0 Å². The molecular formula is C18H28BrF. The number of hydrogen-bond acceptors (Lipinski definition) is 0. The van der Waals surface area contributed by atoms with Gasteiger partial charge >= 0.3 is 0 Å². The number of rotatable bonds is 6. The maximum atomic E-state index is 13.6. The van der Waals surface area contributed by atoms with Gasteiger partial charge in [0, 0.05) is 10.9 Å². The van der Waals surface area contributed by atoms with Crippen molar-refractivity contribution < 1.29 is 4.39 Å². The van der Waals surface area contributed by atoms with Crippen LogP contribution in [0.25, 0.3) is 0 Å². The van der Waals surface area contributed by atoms with E-state index in [2.05, 4.69) is 49.4 Å². The van der Waals surface area contributed by atoms with Crippen molar-refractivity contribution >= 4 is 15.9 Å². The molecule has 0 aromatic heterocycles. The highest BCUT2D eigenvalue weighted by Gasteiger charge is 2.18. The molecule has 0 N–H and O–H groups in total. The van der Waals surface area contributed by atoms with Gasteiger partial charge in [0.05, 0.1) is 0 Å². The molecule has 20 heavy (non-hydrogen) atoms. The molecule has 0 aliphatic heterocycles. The Labute approximate surface area is 132 Å². The molecule has 3 unspecified atom stereocenters. The Balaban J connectivity index is 2.53. The van der Waals surface area contributed by atoms with Crippen molar-refractivity contribution in [3.63, 3.8) is 0 Å². The lowest BCUT2D eigenvalue weighted by molar-refractivity contribution is 0.363. The lowest BCUT2D eigenvalue weighted by Gasteiger charge is -2.23. The smallest absolute Gasteiger partial charge is 0.114 e. The van der Waals surface area contributed by atoms with Gasteiger partial charge in [-0.3, -0.25) is 0 Å². The molecule has 1 aliphatic carbocycles. The van der Waals surface area contributed by atoms with Gasteiger partial charge in [-0.1, -0.05) is 45.4 Å². The van der Waals surface area contributed by atoms with E-state index in [1.807, 2.05) is 6.08 Å². The van der Waals surface area contributed by atoms with Crippen molar-refractivity contribution in [1.82, 2.24) is 0 Å². The number of halogens is 2. The maximum Gasteiger partial charge on any atom is 0.114 e. The summed E-state index contributed by atoms with van der Waals surface area (Å²) in [5.41, 5.74) is 1.36. The summed E-state index contributed by atoms with van der Waals surface area (Å²) >= 11 is 3.31. The fourth-order valence-electron chi connectivity index (χ4n) is 2.67. The average Bonchev–Trinajstić information content (AvgIpc) is 2.42. The predicted molar refractivity (Wildman–Crippen MR) is 90.5 cm³/mol. The third-order valence-corrected chi connectivity index (χ3v) is 5.16.